The molecule has 4 heterocycles. The monoisotopic (exact) mass is 496 g/mol. The van der Waals surface area contributed by atoms with Gasteiger partial charge in [0.15, 0.2) is 11.2 Å². The summed E-state index contributed by atoms with van der Waals surface area (Å²) in [4.78, 5) is 73.6. The second-order valence-electron chi connectivity index (χ2n) is 9.00. The van der Waals surface area contributed by atoms with Crippen molar-refractivity contribution < 1.29 is 14.5 Å². The first-order chi connectivity index (χ1) is 17.1. The van der Waals surface area contributed by atoms with Gasteiger partial charge in [-0.3, -0.25) is 38.5 Å². The molecule has 5 rings (SSSR count). The number of aromatic amines is 1. The molecule has 0 radical (unpaired) electrons. The highest BCUT2D eigenvalue weighted by atomic mass is 16.6. The number of non-ortho nitro benzene ring substituents is 1. The first kappa shape index (κ1) is 23.4. The average molecular weight is 496 g/mol. The fraction of sp³-hybridized carbons (Fsp3) is 0.409. The second kappa shape index (κ2) is 8.41. The van der Waals surface area contributed by atoms with Crippen LogP contribution in [0.3, 0.4) is 0 Å². The predicted octanol–water partition coefficient (Wildman–Crippen LogP) is -0.369. The molecule has 3 aromatic rings. The van der Waals surface area contributed by atoms with E-state index < -0.39 is 22.2 Å². The van der Waals surface area contributed by atoms with Crippen molar-refractivity contribution in [2.24, 2.45) is 14.1 Å². The van der Waals surface area contributed by atoms with Gasteiger partial charge in [-0.25, -0.2) is 9.69 Å². The number of piperazine rings is 1. The second-order valence-corrected chi connectivity index (χ2v) is 9.00. The van der Waals surface area contributed by atoms with E-state index in [1.165, 1.54) is 29.8 Å². The number of aromatic nitrogens is 4. The number of nitrogens with one attached hydrogen (secondary N) is 1. The molecule has 2 aromatic heterocycles. The number of fused-ring (bicyclic) bond motifs is 1. The summed E-state index contributed by atoms with van der Waals surface area (Å²) in [6, 6.07) is 3.44. The predicted molar refractivity (Wildman–Crippen MR) is 129 cm³/mol. The highest BCUT2D eigenvalue weighted by molar-refractivity contribution is 6.22. The van der Waals surface area contributed by atoms with E-state index in [2.05, 4.69) is 9.97 Å². The molecule has 2 aliphatic rings. The Labute approximate surface area is 203 Å². The Balaban J connectivity index is 1.32. The zero-order valence-corrected chi connectivity index (χ0v) is 19.9. The van der Waals surface area contributed by atoms with E-state index in [-0.39, 0.29) is 35.1 Å². The van der Waals surface area contributed by atoms with Crippen LogP contribution in [0.4, 0.5) is 17.3 Å². The number of nitro groups is 1. The molecule has 2 fully saturated rings. The molecule has 0 spiro atoms. The van der Waals surface area contributed by atoms with Gasteiger partial charge >= 0.3 is 5.69 Å². The van der Waals surface area contributed by atoms with Crippen LogP contribution in [0.5, 0.6) is 0 Å². The minimum atomic E-state index is -0.627. The van der Waals surface area contributed by atoms with Crippen molar-refractivity contribution in [3.63, 3.8) is 0 Å². The summed E-state index contributed by atoms with van der Waals surface area (Å²) >= 11 is 0. The number of aryl methyl sites for hydroxylation is 2. The Morgan fingerprint density at radius 2 is 1.75 bits per heavy atom. The lowest BCUT2D eigenvalue weighted by molar-refractivity contribution is -0.384. The number of carbonyl (C=O) groups is 2. The minimum absolute atomic E-state index is 0.0258. The summed E-state index contributed by atoms with van der Waals surface area (Å²) in [6.45, 7) is 3.56. The smallest absolute Gasteiger partial charge is 0.332 e. The largest absolute Gasteiger partial charge is 0.340 e. The SMILES string of the molecule is Cc1cc([N+](=O)[O-])ccc1N1C(=O)CC(N2CCN(c3nc4c([nH]3)c(=O)n(C)c(=O)n4C)CC2)C1=O. The summed E-state index contributed by atoms with van der Waals surface area (Å²) in [5.41, 5.74) is 0.309. The molecule has 14 nitrogen and oxygen atoms in total. The summed E-state index contributed by atoms with van der Waals surface area (Å²) in [5.74, 6) is -0.244. The third kappa shape index (κ3) is 3.57. The van der Waals surface area contributed by atoms with Crippen LogP contribution in [0.25, 0.3) is 11.2 Å². The topological polar surface area (TPSA) is 160 Å². The van der Waals surface area contributed by atoms with Crippen molar-refractivity contribution >= 4 is 40.3 Å². The van der Waals surface area contributed by atoms with Gasteiger partial charge in [0.1, 0.15) is 0 Å². The maximum atomic E-state index is 13.2. The van der Waals surface area contributed by atoms with Gasteiger partial charge in [-0.15, -0.1) is 0 Å². The Morgan fingerprint density at radius 3 is 2.39 bits per heavy atom. The molecule has 2 amide bonds. The lowest BCUT2D eigenvalue weighted by Crippen LogP contribution is -2.53. The molecule has 0 saturated carbocycles. The summed E-state index contributed by atoms with van der Waals surface area (Å²) in [5, 5.41) is 11.0. The third-order valence-electron chi connectivity index (χ3n) is 6.89. The van der Waals surface area contributed by atoms with Gasteiger partial charge in [-0.1, -0.05) is 0 Å². The van der Waals surface area contributed by atoms with Gasteiger partial charge in [-0.2, -0.15) is 4.98 Å². The van der Waals surface area contributed by atoms with E-state index in [1.807, 2.05) is 9.80 Å². The minimum Gasteiger partial charge on any atom is -0.340 e. The van der Waals surface area contributed by atoms with Gasteiger partial charge in [0.25, 0.3) is 17.2 Å². The van der Waals surface area contributed by atoms with Crippen molar-refractivity contribution in [1.82, 2.24) is 24.0 Å². The quantitative estimate of drug-likeness (QED) is 0.289. The summed E-state index contributed by atoms with van der Waals surface area (Å²) < 4.78 is 2.33. The van der Waals surface area contributed by atoms with Crippen LogP contribution in [-0.4, -0.2) is 73.0 Å². The van der Waals surface area contributed by atoms with Crippen LogP contribution in [0.15, 0.2) is 27.8 Å². The van der Waals surface area contributed by atoms with E-state index in [1.54, 1.807) is 14.0 Å². The lowest BCUT2D eigenvalue weighted by Gasteiger charge is -2.36. The molecule has 1 N–H and O–H groups in total. The third-order valence-corrected chi connectivity index (χ3v) is 6.89. The van der Waals surface area contributed by atoms with Crippen molar-refractivity contribution in [2.45, 2.75) is 19.4 Å². The number of carbonyl (C=O) groups excluding carboxylic acids is 2. The van der Waals surface area contributed by atoms with E-state index in [0.29, 0.717) is 43.4 Å². The van der Waals surface area contributed by atoms with Crippen molar-refractivity contribution in [2.75, 3.05) is 36.0 Å². The molecule has 1 atom stereocenters. The zero-order chi connectivity index (χ0) is 25.9. The molecule has 14 heteroatoms. The maximum absolute atomic E-state index is 13.2. The molecule has 1 aromatic carbocycles. The molecule has 36 heavy (non-hydrogen) atoms. The molecule has 0 aliphatic carbocycles. The molecule has 188 valence electrons. The zero-order valence-electron chi connectivity index (χ0n) is 19.9. The van der Waals surface area contributed by atoms with Gasteiger partial charge in [0.05, 0.1) is 23.1 Å². The Kier molecular flexibility index (Phi) is 5.47. The first-order valence-corrected chi connectivity index (χ1v) is 11.3. The first-order valence-electron chi connectivity index (χ1n) is 11.3. The lowest BCUT2D eigenvalue weighted by atomic mass is 10.1. The van der Waals surface area contributed by atoms with Crippen molar-refractivity contribution in [3.8, 4) is 0 Å². The van der Waals surface area contributed by atoms with Crippen LogP contribution in [-0.2, 0) is 23.7 Å². The Bertz CT molecular complexity index is 1540. The normalized spacial score (nSPS) is 19.0. The molecule has 2 aliphatic heterocycles. The van der Waals surface area contributed by atoms with Crippen molar-refractivity contribution in [3.05, 3.63) is 54.7 Å². The van der Waals surface area contributed by atoms with Crippen LogP contribution < -0.4 is 21.0 Å². The van der Waals surface area contributed by atoms with E-state index in [0.717, 1.165) is 9.47 Å². The summed E-state index contributed by atoms with van der Waals surface area (Å²) in [7, 11) is 2.96. The van der Waals surface area contributed by atoms with Gasteiger partial charge in [-0.05, 0) is 18.6 Å². The molecular formula is C22H24N8O6. The average Bonchev–Trinajstić information content (AvgIpc) is 3.43. The number of anilines is 2. The molecular weight excluding hydrogens is 472 g/mol. The number of H-pyrrole nitrogens is 1. The number of imidazole rings is 1. The van der Waals surface area contributed by atoms with Crippen LogP contribution in [0, 0.1) is 17.0 Å². The van der Waals surface area contributed by atoms with Gasteiger partial charge in [0, 0.05) is 52.4 Å². The van der Waals surface area contributed by atoms with E-state index >= 15 is 0 Å². The fourth-order valence-corrected chi connectivity index (χ4v) is 4.87. The number of hydrogen-bond donors (Lipinski definition) is 1. The number of nitrogens with zero attached hydrogens (tertiary/aromatic N) is 7. The number of rotatable bonds is 4. The van der Waals surface area contributed by atoms with Crippen LogP contribution in [0.2, 0.25) is 0 Å². The van der Waals surface area contributed by atoms with Gasteiger partial charge in [0.2, 0.25) is 11.9 Å². The van der Waals surface area contributed by atoms with Crippen molar-refractivity contribution in [1.29, 1.82) is 0 Å². The number of nitro benzene ring substituents is 1. The van der Waals surface area contributed by atoms with Gasteiger partial charge < -0.3 is 9.88 Å². The van der Waals surface area contributed by atoms with E-state index in [4.69, 9.17) is 0 Å². The summed E-state index contributed by atoms with van der Waals surface area (Å²) in [6.07, 6.45) is 0.0258. The van der Waals surface area contributed by atoms with E-state index in [9.17, 15) is 29.3 Å². The fourth-order valence-electron chi connectivity index (χ4n) is 4.87. The number of imide groups is 1. The number of hydrogen-bond acceptors (Lipinski definition) is 9. The highest BCUT2D eigenvalue weighted by Crippen LogP contribution is 2.31. The maximum Gasteiger partial charge on any atom is 0.332 e. The van der Waals surface area contributed by atoms with Crippen LogP contribution >= 0.6 is 0 Å². The van der Waals surface area contributed by atoms with Crippen LogP contribution in [0.1, 0.15) is 12.0 Å². The molecule has 1 unspecified atom stereocenters. The Morgan fingerprint density at radius 1 is 1.06 bits per heavy atom. The standard InChI is InChI=1S/C22H24N8O6/c1-12-10-13(30(35)36)4-5-14(12)29-16(31)11-15(19(29)32)27-6-8-28(9-7-27)21-23-17-18(24-21)25(2)22(34)26(3)20(17)33/h4-5,10,15H,6-9,11H2,1-3H3,(H,23,24). The number of benzene rings is 1. The highest BCUT2D eigenvalue weighted by Gasteiger charge is 2.44. The molecule has 2 saturated heterocycles. The number of amides is 2. The molecule has 0 bridgehead atoms. The Hall–Kier alpha value is -4.33.